The van der Waals surface area contributed by atoms with Crippen molar-refractivity contribution >= 4 is 17.5 Å². The fraction of sp³-hybridized carbons (Fsp3) is 0.600. The molecular weight excluding hydrogens is 411 g/mol. The van der Waals surface area contributed by atoms with Gasteiger partial charge in [0.15, 0.2) is 5.69 Å². The SMILES string of the molecule is CNCCn1cc(C(F)(F)F)nc1C1CCN(c2ncnc3c2[C@H](C)CC(=O)N3)CC1. The number of hydrogen-bond acceptors (Lipinski definition) is 6. The molecule has 0 aromatic carbocycles. The Morgan fingerprint density at radius 2 is 2.00 bits per heavy atom. The van der Waals surface area contributed by atoms with E-state index in [0.717, 1.165) is 17.6 Å². The first-order valence-electron chi connectivity index (χ1n) is 10.5. The van der Waals surface area contributed by atoms with E-state index in [9.17, 15) is 18.0 Å². The molecule has 1 atom stereocenters. The lowest BCUT2D eigenvalue weighted by Gasteiger charge is -2.35. The summed E-state index contributed by atoms with van der Waals surface area (Å²) in [6.07, 6.45) is -0.169. The van der Waals surface area contributed by atoms with Crippen LogP contribution in [0, 0.1) is 0 Å². The van der Waals surface area contributed by atoms with Gasteiger partial charge in [-0.25, -0.2) is 15.0 Å². The average molecular weight is 437 g/mol. The Hall–Kier alpha value is -2.69. The number of rotatable bonds is 5. The van der Waals surface area contributed by atoms with Crippen LogP contribution < -0.4 is 15.5 Å². The molecular formula is C20H26F3N7O. The predicted molar refractivity (Wildman–Crippen MR) is 109 cm³/mol. The summed E-state index contributed by atoms with van der Waals surface area (Å²) in [6, 6.07) is 0. The summed E-state index contributed by atoms with van der Waals surface area (Å²) in [5.41, 5.74) is 0.0888. The van der Waals surface area contributed by atoms with Gasteiger partial charge in [0.25, 0.3) is 0 Å². The van der Waals surface area contributed by atoms with Crippen molar-refractivity contribution in [3.8, 4) is 0 Å². The zero-order chi connectivity index (χ0) is 22.2. The number of likely N-dealkylation sites (N-methyl/N-ethyl adjacent to an activating group) is 1. The van der Waals surface area contributed by atoms with Crippen LogP contribution in [0.4, 0.5) is 24.8 Å². The molecule has 8 nitrogen and oxygen atoms in total. The third kappa shape index (κ3) is 4.36. The molecule has 0 saturated carbocycles. The fourth-order valence-electron chi connectivity index (χ4n) is 4.41. The van der Waals surface area contributed by atoms with Gasteiger partial charge in [0.2, 0.25) is 5.91 Å². The van der Waals surface area contributed by atoms with Crippen molar-refractivity contribution in [1.82, 2.24) is 24.8 Å². The number of aromatic nitrogens is 4. The molecule has 1 amide bonds. The second-order valence-corrected chi connectivity index (χ2v) is 8.15. The summed E-state index contributed by atoms with van der Waals surface area (Å²) in [4.78, 5) is 26.6. The Kier molecular flexibility index (Phi) is 5.87. The maximum Gasteiger partial charge on any atom is 0.434 e. The number of halogens is 3. The molecule has 1 fully saturated rings. The topological polar surface area (TPSA) is 88.0 Å². The van der Waals surface area contributed by atoms with Crippen LogP contribution in [0.5, 0.6) is 0 Å². The zero-order valence-corrected chi connectivity index (χ0v) is 17.5. The maximum absolute atomic E-state index is 13.2. The Labute approximate surface area is 178 Å². The van der Waals surface area contributed by atoms with Crippen molar-refractivity contribution in [2.45, 2.75) is 50.7 Å². The highest BCUT2D eigenvalue weighted by Gasteiger charge is 2.37. The first-order valence-corrected chi connectivity index (χ1v) is 10.5. The summed E-state index contributed by atoms with van der Waals surface area (Å²) in [7, 11) is 1.77. The highest BCUT2D eigenvalue weighted by molar-refractivity contribution is 5.94. The first-order chi connectivity index (χ1) is 14.8. The van der Waals surface area contributed by atoms with Crippen molar-refractivity contribution < 1.29 is 18.0 Å². The number of nitrogens with zero attached hydrogens (tertiary/aromatic N) is 5. The second-order valence-electron chi connectivity index (χ2n) is 8.15. The van der Waals surface area contributed by atoms with Crippen molar-refractivity contribution in [2.24, 2.45) is 0 Å². The summed E-state index contributed by atoms with van der Waals surface area (Å²) in [5.74, 6) is 1.73. The van der Waals surface area contributed by atoms with E-state index in [4.69, 9.17) is 0 Å². The van der Waals surface area contributed by atoms with E-state index in [1.54, 1.807) is 11.6 Å². The van der Waals surface area contributed by atoms with Crippen LogP contribution in [0.2, 0.25) is 0 Å². The molecule has 1 saturated heterocycles. The lowest BCUT2D eigenvalue weighted by atomic mass is 9.92. The number of imidazole rings is 1. The lowest BCUT2D eigenvalue weighted by Crippen LogP contribution is -2.36. The van der Waals surface area contributed by atoms with Gasteiger partial charge in [-0.1, -0.05) is 6.92 Å². The van der Waals surface area contributed by atoms with Crippen LogP contribution in [0.1, 0.15) is 55.1 Å². The van der Waals surface area contributed by atoms with E-state index in [1.807, 2.05) is 6.92 Å². The van der Waals surface area contributed by atoms with Crippen LogP contribution in [-0.2, 0) is 17.5 Å². The van der Waals surface area contributed by atoms with E-state index in [0.29, 0.717) is 57.1 Å². The quantitative estimate of drug-likeness (QED) is 0.748. The third-order valence-corrected chi connectivity index (χ3v) is 5.97. The number of piperidine rings is 1. The van der Waals surface area contributed by atoms with Crippen LogP contribution in [0.3, 0.4) is 0 Å². The number of alkyl halides is 3. The van der Waals surface area contributed by atoms with Crippen LogP contribution >= 0.6 is 0 Å². The molecule has 31 heavy (non-hydrogen) atoms. The summed E-state index contributed by atoms with van der Waals surface area (Å²) < 4.78 is 41.3. The first kappa shape index (κ1) is 21.5. The van der Waals surface area contributed by atoms with E-state index in [-0.39, 0.29) is 17.7 Å². The zero-order valence-electron chi connectivity index (χ0n) is 17.5. The largest absolute Gasteiger partial charge is 0.434 e. The molecule has 11 heteroatoms. The highest BCUT2D eigenvalue weighted by Crippen LogP contribution is 2.39. The number of hydrogen-bond donors (Lipinski definition) is 2. The minimum absolute atomic E-state index is 0.00691. The molecule has 0 unspecified atom stereocenters. The van der Waals surface area contributed by atoms with Crippen LogP contribution in [0.15, 0.2) is 12.5 Å². The predicted octanol–water partition coefficient (Wildman–Crippen LogP) is 2.74. The van der Waals surface area contributed by atoms with Gasteiger partial charge in [0.1, 0.15) is 23.8 Å². The Morgan fingerprint density at radius 1 is 1.26 bits per heavy atom. The van der Waals surface area contributed by atoms with Crippen molar-refractivity contribution in [2.75, 3.05) is 36.9 Å². The number of fused-ring (bicyclic) bond motifs is 1. The van der Waals surface area contributed by atoms with E-state index < -0.39 is 11.9 Å². The van der Waals surface area contributed by atoms with Gasteiger partial charge in [-0.05, 0) is 25.8 Å². The minimum atomic E-state index is -4.46. The van der Waals surface area contributed by atoms with E-state index >= 15 is 0 Å². The van der Waals surface area contributed by atoms with E-state index in [2.05, 4.69) is 30.5 Å². The van der Waals surface area contributed by atoms with Gasteiger partial charge in [-0.2, -0.15) is 13.2 Å². The highest BCUT2D eigenvalue weighted by atomic mass is 19.4. The average Bonchev–Trinajstić information content (AvgIpc) is 3.16. The Bertz CT molecular complexity index is 951. The van der Waals surface area contributed by atoms with Crippen molar-refractivity contribution in [3.05, 3.63) is 29.6 Å². The summed E-state index contributed by atoms with van der Waals surface area (Å²) in [6.45, 7) is 4.28. The van der Waals surface area contributed by atoms with E-state index in [1.165, 1.54) is 6.33 Å². The van der Waals surface area contributed by atoms with Gasteiger partial charge in [-0.3, -0.25) is 4.79 Å². The molecule has 2 aliphatic heterocycles. The van der Waals surface area contributed by atoms with Gasteiger partial charge in [-0.15, -0.1) is 0 Å². The number of amides is 1. The molecule has 4 heterocycles. The van der Waals surface area contributed by atoms with Crippen LogP contribution in [-0.4, -0.2) is 52.1 Å². The number of nitrogens with one attached hydrogen (secondary N) is 2. The monoisotopic (exact) mass is 437 g/mol. The van der Waals surface area contributed by atoms with Gasteiger partial charge >= 0.3 is 6.18 Å². The third-order valence-electron chi connectivity index (χ3n) is 5.97. The number of carbonyl (C=O) groups excluding carboxylic acids is 1. The molecule has 2 N–H and O–H groups in total. The summed E-state index contributed by atoms with van der Waals surface area (Å²) in [5, 5.41) is 5.78. The lowest BCUT2D eigenvalue weighted by molar-refractivity contribution is -0.141. The Balaban J connectivity index is 1.53. The van der Waals surface area contributed by atoms with Gasteiger partial charge in [0.05, 0.1) is 0 Å². The van der Waals surface area contributed by atoms with Crippen LogP contribution in [0.25, 0.3) is 0 Å². The minimum Gasteiger partial charge on any atom is -0.356 e. The second kappa shape index (κ2) is 8.45. The normalized spacial score (nSPS) is 20.0. The van der Waals surface area contributed by atoms with Crippen molar-refractivity contribution in [3.63, 3.8) is 0 Å². The molecule has 2 aromatic heterocycles. The molecule has 0 radical (unpaired) electrons. The van der Waals surface area contributed by atoms with Gasteiger partial charge in [0, 0.05) is 50.3 Å². The molecule has 4 rings (SSSR count). The maximum atomic E-state index is 13.2. The summed E-state index contributed by atoms with van der Waals surface area (Å²) >= 11 is 0. The number of carbonyl (C=O) groups is 1. The molecule has 0 aliphatic carbocycles. The fourth-order valence-corrected chi connectivity index (χ4v) is 4.41. The van der Waals surface area contributed by atoms with Gasteiger partial charge < -0.3 is 20.1 Å². The Morgan fingerprint density at radius 3 is 2.68 bits per heavy atom. The van der Waals surface area contributed by atoms with Crippen molar-refractivity contribution in [1.29, 1.82) is 0 Å². The molecule has 0 spiro atoms. The molecule has 2 aromatic rings. The standard InChI is InChI=1S/C20H26F3N7O/c1-12-9-15(31)28-17-16(12)19(26-11-25-17)29-6-3-13(4-7-29)18-27-14(20(21,22)23)10-30(18)8-5-24-2/h10-13,24H,3-9H2,1-2H3,(H,25,26,28,31)/t12-/m1/s1. The smallest absolute Gasteiger partial charge is 0.356 e. The molecule has 0 bridgehead atoms. The molecule has 2 aliphatic rings. The molecule has 168 valence electrons. The number of anilines is 2.